The molecule has 0 saturated carbocycles. The lowest BCUT2D eigenvalue weighted by atomic mass is 10.1. The van der Waals surface area contributed by atoms with Gasteiger partial charge in [0, 0.05) is 30.3 Å². The summed E-state index contributed by atoms with van der Waals surface area (Å²) < 4.78 is 12.9. The van der Waals surface area contributed by atoms with Crippen molar-refractivity contribution in [3.05, 3.63) is 108 Å². The van der Waals surface area contributed by atoms with Gasteiger partial charge in [0.1, 0.15) is 5.82 Å². The Morgan fingerprint density at radius 2 is 2.12 bits per heavy atom. The molecule has 1 heterocycles. The van der Waals surface area contributed by atoms with E-state index < -0.39 is 0 Å². The van der Waals surface area contributed by atoms with E-state index in [2.05, 4.69) is 53.8 Å². The highest BCUT2D eigenvalue weighted by molar-refractivity contribution is 5.31. The second-order valence-electron chi connectivity index (χ2n) is 5.80. The first kappa shape index (κ1) is 19.3. The Bertz CT molecular complexity index is 737. The van der Waals surface area contributed by atoms with E-state index >= 15 is 0 Å². The molecule has 0 spiro atoms. The van der Waals surface area contributed by atoms with Crippen molar-refractivity contribution in [3.8, 4) is 0 Å². The summed E-state index contributed by atoms with van der Waals surface area (Å²) in [6.45, 7) is 6.54. The van der Waals surface area contributed by atoms with Crippen LogP contribution in [0.5, 0.6) is 0 Å². The number of rotatable bonds is 9. The summed E-state index contributed by atoms with van der Waals surface area (Å²) >= 11 is 0. The molecule has 0 aliphatic carbocycles. The molecule has 136 valence electrons. The lowest BCUT2D eigenvalue weighted by Gasteiger charge is -2.08. The van der Waals surface area contributed by atoms with Crippen LogP contribution in [0.2, 0.25) is 0 Å². The minimum absolute atomic E-state index is 0.227. The predicted octanol–water partition coefficient (Wildman–Crippen LogP) is 4.77. The van der Waals surface area contributed by atoms with Crippen molar-refractivity contribution in [1.82, 2.24) is 16.0 Å². The van der Waals surface area contributed by atoms with Gasteiger partial charge in [0.2, 0.25) is 0 Å². The van der Waals surface area contributed by atoms with E-state index in [0.717, 1.165) is 29.8 Å². The van der Waals surface area contributed by atoms with Crippen molar-refractivity contribution in [1.29, 1.82) is 0 Å². The van der Waals surface area contributed by atoms with Gasteiger partial charge in [0.05, 0.1) is 0 Å². The van der Waals surface area contributed by atoms with E-state index in [0.29, 0.717) is 6.54 Å². The first-order valence-corrected chi connectivity index (χ1v) is 8.77. The average Bonchev–Trinajstić information content (AvgIpc) is 2.68. The molecule has 4 heteroatoms. The largest absolute Gasteiger partial charge is 0.380 e. The van der Waals surface area contributed by atoms with E-state index in [1.807, 2.05) is 18.6 Å². The van der Waals surface area contributed by atoms with Gasteiger partial charge in [0.25, 0.3) is 0 Å². The Morgan fingerprint density at radius 3 is 2.77 bits per heavy atom. The fourth-order valence-electron chi connectivity index (χ4n) is 2.33. The normalized spacial score (nSPS) is 14.8. The highest BCUT2D eigenvalue weighted by Crippen LogP contribution is 2.09. The van der Waals surface area contributed by atoms with E-state index in [4.69, 9.17) is 0 Å². The molecule has 0 bridgehead atoms. The molecular weight excluding hydrogens is 325 g/mol. The van der Waals surface area contributed by atoms with Crippen LogP contribution in [0.15, 0.2) is 96.8 Å². The Morgan fingerprint density at radius 1 is 1.31 bits per heavy atom. The molecule has 0 amide bonds. The lowest BCUT2D eigenvalue weighted by Crippen LogP contribution is -2.13. The van der Waals surface area contributed by atoms with Crippen molar-refractivity contribution in [2.75, 3.05) is 0 Å². The van der Waals surface area contributed by atoms with Crippen molar-refractivity contribution in [3.63, 3.8) is 0 Å². The van der Waals surface area contributed by atoms with Gasteiger partial charge in [-0.15, -0.1) is 0 Å². The van der Waals surface area contributed by atoms with Gasteiger partial charge in [-0.2, -0.15) is 0 Å². The van der Waals surface area contributed by atoms with Gasteiger partial charge >= 0.3 is 0 Å². The number of hydrogen-bond acceptors (Lipinski definition) is 3. The van der Waals surface area contributed by atoms with Crippen LogP contribution >= 0.6 is 0 Å². The molecule has 0 saturated heterocycles. The summed E-state index contributed by atoms with van der Waals surface area (Å²) in [6.07, 6.45) is 17.8. The Balaban J connectivity index is 1.86. The molecule has 1 aromatic rings. The molecule has 0 fully saturated rings. The number of benzene rings is 1. The van der Waals surface area contributed by atoms with Gasteiger partial charge < -0.3 is 16.0 Å². The smallest absolute Gasteiger partial charge is 0.123 e. The maximum absolute atomic E-state index is 12.9. The van der Waals surface area contributed by atoms with Crippen LogP contribution in [-0.4, -0.2) is 0 Å². The van der Waals surface area contributed by atoms with Crippen molar-refractivity contribution < 1.29 is 4.39 Å². The second kappa shape index (κ2) is 10.8. The van der Waals surface area contributed by atoms with E-state index in [-0.39, 0.29) is 5.82 Å². The van der Waals surface area contributed by atoms with Crippen LogP contribution in [-0.2, 0) is 6.54 Å². The Hall–Kier alpha value is -3.01. The summed E-state index contributed by atoms with van der Waals surface area (Å²) in [5.74, 6) is -0.227. The third-order valence-electron chi connectivity index (χ3n) is 3.85. The SMILES string of the molecule is C=C/C(=C/N/C=C/C(=C/C1=CCC=CN1)CC)NCc1ccc(F)cc1. The zero-order chi connectivity index (χ0) is 18.6. The zero-order valence-electron chi connectivity index (χ0n) is 15.1. The summed E-state index contributed by atoms with van der Waals surface area (Å²) in [6, 6.07) is 6.44. The topological polar surface area (TPSA) is 36.1 Å². The first-order valence-electron chi connectivity index (χ1n) is 8.77. The summed E-state index contributed by atoms with van der Waals surface area (Å²) in [7, 11) is 0. The van der Waals surface area contributed by atoms with Crippen LogP contribution in [0.1, 0.15) is 25.3 Å². The van der Waals surface area contributed by atoms with E-state index in [9.17, 15) is 4.39 Å². The quantitative estimate of drug-likeness (QED) is 0.561. The third kappa shape index (κ3) is 6.85. The molecule has 0 atom stereocenters. The van der Waals surface area contributed by atoms with Crippen molar-refractivity contribution >= 4 is 0 Å². The average molecular weight is 351 g/mol. The van der Waals surface area contributed by atoms with E-state index in [1.165, 1.54) is 17.7 Å². The second-order valence-corrected chi connectivity index (χ2v) is 5.80. The molecular formula is C22H26FN3. The number of allylic oxidation sites excluding steroid dienone is 6. The third-order valence-corrected chi connectivity index (χ3v) is 3.85. The summed E-state index contributed by atoms with van der Waals surface area (Å²) in [5.41, 5.74) is 4.22. The lowest BCUT2D eigenvalue weighted by molar-refractivity contribution is 0.626. The monoisotopic (exact) mass is 351 g/mol. The predicted molar refractivity (Wildman–Crippen MR) is 107 cm³/mol. The van der Waals surface area contributed by atoms with E-state index in [1.54, 1.807) is 18.2 Å². The molecule has 0 radical (unpaired) electrons. The van der Waals surface area contributed by atoms with Crippen molar-refractivity contribution in [2.24, 2.45) is 0 Å². The fraction of sp³-hybridized carbons (Fsp3) is 0.182. The van der Waals surface area contributed by atoms with Crippen LogP contribution in [0.25, 0.3) is 0 Å². The highest BCUT2D eigenvalue weighted by atomic mass is 19.1. The van der Waals surface area contributed by atoms with Gasteiger partial charge in [-0.25, -0.2) is 4.39 Å². The maximum atomic E-state index is 12.9. The molecule has 3 nitrogen and oxygen atoms in total. The number of nitrogens with one attached hydrogen (secondary N) is 3. The molecule has 1 aliphatic rings. The molecule has 1 aromatic carbocycles. The highest BCUT2D eigenvalue weighted by Gasteiger charge is 1.96. The van der Waals surface area contributed by atoms with Crippen LogP contribution < -0.4 is 16.0 Å². The Labute approximate surface area is 155 Å². The first-order chi connectivity index (χ1) is 12.7. The minimum atomic E-state index is -0.227. The van der Waals surface area contributed by atoms with Gasteiger partial charge in [-0.3, -0.25) is 0 Å². The fourth-order valence-corrected chi connectivity index (χ4v) is 2.33. The molecule has 2 rings (SSSR count). The number of hydrogen-bond donors (Lipinski definition) is 3. The number of halogens is 1. The van der Waals surface area contributed by atoms with Crippen LogP contribution in [0.3, 0.4) is 0 Å². The van der Waals surface area contributed by atoms with Crippen molar-refractivity contribution in [2.45, 2.75) is 26.3 Å². The van der Waals surface area contributed by atoms with Gasteiger partial charge in [0.15, 0.2) is 0 Å². The summed E-state index contributed by atoms with van der Waals surface area (Å²) in [5, 5.41) is 9.64. The molecule has 3 N–H and O–H groups in total. The molecule has 0 aromatic heterocycles. The van der Waals surface area contributed by atoms with Crippen LogP contribution in [0.4, 0.5) is 4.39 Å². The summed E-state index contributed by atoms with van der Waals surface area (Å²) in [4.78, 5) is 0. The molecule has 26 heavy (non-hydrogen) atoms. The minimum Gasteiger partial charge on any atom is -0.380 e. The van der Waals surface area contributed by atoms with Gasteiger partial charge in [-0.1, -0.05) is 37.8 Å². The molecule has 0 unspecified atom stereocenters. The zero-order valence-corrected chi connectivity index (χ0v) is 15.1. The van der Waals surface area contributed by atoms with Gasteiger partial charge in [-0.05, 0) is 60.5 Å². The molecule has 1 aliphatic heterocycles. The number of dihydropyridines is 1. The van der Waals surface area contributed by atoms with Crippen LogP contribution in [0, 0.1) is 5.82 Å². The maximum Gasteiger partial charge on any atom is 0.123 e. The standard InChI is InChI=1S/C22H26FN3/c1-3-18(15-22-7-5-6-13-25-22)12-14-24-17-21(4-2)26-16-19-8-10-20(23)11-9-19/h4,6-15,17,24-26H,2-3,5,16H2,1H3/b14-12+,18-15+,21-17-. The Kier molecular flexibility index (Phi) is 8.00.